The normalized spacial score (nSPS) is 13.2. The highest BCUT2D eigenvalue weighted by Crippen LogP contribution is 2.32. The molecule has 0 aliphatic heterocycles. The van der Waals surface area contributed by atoms with Crippen molar-refractivity contribution in [2.45, 2.75) is 99.3 Å². The highest BCUT2D eigenvalue weighted by molar-refractivity contribution is 5.72. The van der Waals surface area contributed by atoms with Gasteiger partial charge in [0.15, 0.2) is 0 Å². The van der Waals surface area contributed by atoms with E-state index in [9.17, 15) is 0 Å². The maximum absolute atomic E-state index is 4.12. The van der Waals surface area contributed by atoms with Crippen LogP contribution in [-0.2, 0) is 0 Å². The van der Waals surface area contributed by atoms with Gasteiger partial charge in [-0.25, -0.2) is 0 Å². The molecule has 1 aliphatic rings. The molecule has 0 atom stereocenters. The minimum Gasteiger partial charge on any atom is -0.315 e. The maximum Gasteiger partial charge on any atom is 0.0487 e. The van der Waals surface area contributed by atoms with Crippen LogP contribution in [0.25, 0.3) is 5.57 Å². The molecule has 0 heterocycles. The van der Waals surface area contributed by atoms with Gasteiger partial charge in [0.25, 0.3) is 0 Å². The van der Waals surface area contributed by atoms with Crippen molar-refractivity contribution in [1.82, 2.24) is 0 Å². The van der Waals surface area contributed by atoms with Crippen molar-refractivity contribution in [1.29, 1.82) is 0 Å². The summed E-state index contributed by atoms with van der Waals surface area (Å²) in [5.41, 5.74) is 6.77. The average Bonchev–Trinajstić information content (AvgIpc) is 2.80. The van der Waals surface area contributed by atoms with E-state index in [0.717, 1.165) is 22.9 Å². The zero-order chi connectivity index (χ0) is 24.6. The summed E-state index contributed by atoms with van der Waals surface area (Å²) in [6.07, 6.45) is 13.0. The number of unbranched alkanes of at least 4 members (excludes halogenated alkanes) is 3. The van der Waals surface area contributed by atoms with Crippen LogP contribution >= 0.6 is 0 Å². The summed E-state index contributed by atoms with van der Waals surface area (Å²) in [6.45, 7) is 21.1. The largest absolute Gasteiger partial charge is 0.315 e. The minimum absolute atomic E-state index is 1.00. The fourth-order valence-corrected chi connectivity index (χ4v) is 4.08. The van der Waals surface area contributed by atoms with Gasteiger partial charge in [0.05, 0.1) is 0 Å². The van der Waals surface area contributed by atoms with E-state index in [1.165, 1.54) is 74.6 Å². The van der Waals surface area contributed by atoms with Crippen LogP contribution in [0.15, 0.2) is 67.4 Å². The molecule has 1 heteroatoms. The topological polar surface area (TPSA) is 3.24 Å². The lowest BCUT2D eigenvalue weighted by atomic mass is 9.91. The van der Waals surface area contributed by atoms with Gasteiger partial charge in [-0.3, -0.25) is 0 Å². The molecule has 0 bridgehead atoms. The van der Waals surface area contributed by atoms with Crippen molar-refractivity contribution < 1.29 is 0 Å². The summed E-state index contributed by atoms with van der Waals surface area (Å²) in [6, 6.07) is 16.8. The summed E-state index contributed by atoms with van der Waals surface area (Å²) < 4.78 is 0. The van der Waals surface area contributed by atoms with Gasteiger partial charge in [-0.2, -0.15) is 0 Å². The number of hydrogen-bond acceptors (Lipinski definition) is 1. The number of nitrogens with zero attached hydrogens (tertiary/aromatic N) is 1. The maximum atomic E-state index is 4.12. The Labute approximate surface area is 205 Å². The van der Waals surface area contributed by atoms with Gasteiger partial charge < -0.3 is 4.90 Å². The lowest BCUT2D eigenvalue weighted by Crippen LogP contribution is -2.14. The quantitative estimate of drug-likeness (QED) is 0.381. The van der Waals surface area contributed by atoms with Crippen LogP contribution in [0.1, 0.15) is 104 Å². The van der Waals surface area contributed by atoms with E-state index < -0.39 is 0 Å². The molecular formula is C32H49N. The predicted octanol–water partition coefficient (Wildman–Crippen LogP) is 10.9. The van der Waals surface area contributed by atoms with Crippen LogP contribution in [0, 0.1) is 12.8 Å². The summed E-state index contributed by atoms with van der Waals surface area (Å²) in [4.78, 5) is 2.18. The van der Waals surface area contributed by atoms with Gasteiger partial charge >= 0.3 is 0 Å². The number of anilines is 2. The van der Waals surface area contributed by atoms with E-state index in [4.69, 9.17) is 0 Å². The molecule has 0 spiro atoms. The zero-order valence-corrected chi connectivity index (χ0v) is 22.4. The van der Waals surface area contributed by atoms with Crippen molar-refractivity contribution >= 4 is 16.9 Å². The molecule has 1 nitrogen and oxygen atoms in total. The van der Waals surface area contributed by atoms with Crippen molar-refractivity contribution in [2.75, 3.05) is 4.90 Å². The van der Waals surface area contributed by atoms with Gasteiger partial charge in [0.1, 0.15) is 0 Å². The highest BCUT2D eigenvalue weighted by atomic mass is 15.1. The standard InChI is InChI=1S/C19H21N.C7H14.C6H14/c1-14(2)17-10-12-18(13-11-17)20(15(3)4)19-9-7-6-8-16(19)5;1-7-5-3-2-4-6-7;1-3-5-6-4-2/h6-13H,1,3H2,2,4-5H3;7H,2-6H2,1H3;3-6H2,1-2H3. The van der Waals surface area contributed by atoms with Gasteiger partial charge in [0.2, 0.25) is 0 Å². The molecule has 182 valence electrons. The predicted molar refractivity (Wildman–Crippen MR) is 151 cm³/mol. The van der Waals surface area contributed by atoms with E-state index in [2.05, 4.69) is 94.3 Å². The number of benzene rings is 2. The summed E-state index contributed by atoms with van der Waals surface area (Å²) in [5, 5.41) is 0. The fourth-order valence-electron chi connectivity index (χ4n) is 4.08. The lowest BCUT2D eigenvalue weighted by Gasteiger charge is -2.27. The van der Waals surface area contributed by atoms with Gasteiger partial charge in [-0.15, -0.1) is 0 Å². The van der Waals surface area contributed by atoms with E-state index in [0.29, 0.717) is 0 Å². The Kier molecular flexibility index (Phi) is 14.2. The van der Waals surface area contributed by atoms with E-state index in [1.54, 1.807) is 0 Å². The first-order valence-corrected chi connectivity index (χ1v) is 13.1. The molecular weight excluding hydrogens is 398 g/mol. The molecule has 0 saturated heterocycles. The third-order valence-corrected chi connectivity index (χ3v) is 6.21. The number of hydrogen-bond donors (Lipinski definition) is 0. The Morgan fingerprint density at radius 2 is 1.39 bits per heavy atom. The van der Waals surface area contributed by atoms with E-state index in [-0.39, 0.29) is 0 Å². The van der Waals surface area contributed by atoms with E-state index in [1.807, 2.05) is 13.8 Å². The summed E-state index contributed by atoms with van der Waals surface area (Å²) in [5.74, 6) is 1.04. The number of allylic oxidation sites excluding steroid dienone is 2. The monoisotopic (exact) mass is 447 g/mol. The van der Waals surface area contributed by atoms with Gasteiger partial charge in [-0.05, 0) is 56.0 Å². The molecule has 1 aliphatic carbocycles. The molecule has 0 unspecified atom stereocenters. The minimum atomic E-state index is 1.00. The highest BCUT2D eigenvalue weighted by Gasteiger charge is 2.12. The van der Waals surface area contributed by atoms with Crippen LogP contribution in [0.4, 0.5) is 11.4 Å². The molecule has 0 radical (unpaired) electrons. The molecule has 0 aromatic heterocycles. The van der Waals surface area contributed by atoms with Gasteiger partial charge in [0, 0.05) is 17.1 Å². The third-order valence-electron chi connectivity index (χ3n) is 6.21. The average molecular weight is 448 g/mol. The van der Waals surface area contributed by atoms with Crippen LogP contribution in [0.5, 0.6) is 0 Å². The Balaban J connectivity index is 0.000000342. The zero-order valence-electron chi connectivity index (χ0n) is 22.4. The first-order valence-electron chi connectivity index (χ1n) is 13.1. The molecule has 1 saturated carbocycles. The SMILES string of the molecule is C=C(C)c1ccc(N(C(=C)C)c2ccccc2C)cc1.CC1CCCCC1.CCCCCC. The smallest absolute Gasteiger partial charge is 0.0487 e. The van der Waals surface area contributed by atoms with Crippen molar-refractivity contribution in [3.05, 3.63) is 78.5 Å². The van der Waals surface area contributed by atoms with Crippen LogP contribution in [0.3, 0.4) is 0 Å². The number of aryl methyl sites for hydroxylation is 1. The Morgan fingerprint density at radius 1 is 0.848 bits per heavy atom. The Morgan fingerprint density at radius 3 is 1.79 bits per heavy atom. The van der Waals surface area contributed by atoms with Crippen molar-refractivity contribution in [3.8, 4) is 0 Å². The summed E-state index contributed by atoms with van der Waals surface area (Å²) in [7, 11) is 0. The molecule has 0 N–H and O–H groups in total. The Hall–Kier alpha value is -2.28. The second-order valence-electron chi connectivity index (χ2n) is 9.63. The summed E-state index contributed by atoms with van der Waals surface area (Å²) >= 11 is 0. The molecule has 0 amide bonds. The third kappa shape index (κ3) is 10.9. The number of rotatable bonds is 7. The lowest BCUT2D eigenvalue weighted by molar-refractivity contribution is 0.385. The molecule has 2 aromatic rings. The van der Waals surface area contributed by atoms with E-state index >= 15 is 0 Å². The first kappa shape index (κ1) is 28.8. The first-order chi connectivity index (χ1) is 15.8. The number of para-hydroxylation sites is 1. The second-order valence-corrected chi connectivity index (χ2v) is 9.63. The van der Waals surface area contributed by atoms with Crippen LogP contribution in [0.2, 0.25) is 0 Å². The van der Waals surface area contributed by atoms with Crippen LogP contribution in [-0.4, -0.2) is 0 Å². The molecule has 1 fully saturated rings. The van der Waals surface area contributed by atoms with Crippen molar-refractivity contribution in [3.63, 3.8) is 0 Å². The second kappa shape index (κ2) is 16.4. The van der Waals surface area contributed by atoms with Crippen molar-refractivity contribution in [2.24, 2.45) is 5.92 Å². The molecule has 3 rings (SSSR count). The molecule has 2 aromatic carbocycles. The molecule has 33 heavy (non-hydrogen) atoms. The fraction of sp³-hybridized carbons (Fsp3) is 0.500. The Bertz CT molecular complexity index is 805. The van der Waals surface area contributed by atoms with Gasteiger partial charge in [-0.1, -0.05) is 128 Å². The van der Waals surface area contributed by atoms with Crippen LogP contribution < -0.4 is 4.90 Å².